The van der Waals surface area contributed by atoms with E-state index < -0.39 is 0 Å². The summed E-state index contributed by atoms with van der Waals surface area (Å²) in [6.07, 6.45) is 8.69. The van der Waals surface area contributed by atoms with Crippen molar-refractivity contribution in [2.75, 3.05) is 6.61 Å². The SMILES string of the molecule is CCOC(=O)C=C(C)C=C(C)CC(C)CCCC(C)C(C)C. The summed E-state index contributed by atoms with van der Waals surface area (Å²) in [5.41, 5.74) is 2.30. The second-order valence-corrected chi connectivity index (χ2v) is 7.09. The molecule has 22 heavy (non-hydrogen) atoms. The zero-order chi connectivity index (χ0) is 17.1. The van der Waals surface area contributed by atoms with Gasteiger partial charge >= 0.3 is 5.97 Å². The summed E-state index contributed by atoms with van der Waals surface area (Å²) < 4.78 is 4.93. The Morgan fingerprint density at radius 3 is 2.23 bits per heavy atom. The lowest BCUT2D eigenvalue weighted by molar-refractivity contribution is -0.137. The topological polar surface area (TPSA) is 26.3 Å². The van der Waals surface area contributed by atoms with Crippen LogP contribution in [0.5, 0.6) is 0 Å². The summed E-state index contributed by atoms with van der Waals surface area (Å²) in [5.74, 6) is 2.05. The van der Waals surface area contributed by atoms with Crippen LogP contribution in [-0.4, -0.2) is 12.6 Å². The smallest absolute Gasteiger partial charge is 0.330 e. The number of hydrogen-bond acceptors (Lipinski definition) is 2. The minimum atomic E-state index is -0.250. The molecule has 0 amide bonds. The Kier molecular flexibility index (Phi) is 11.0. The first-order chi connectivity index (χ1) is 10.3. The predicted octanol–water partition coefficient (Wildman–Crippen LogP) is 5.93. The van der Waals surface area contributed by atoms with Gasteiger partial charge in [0.25, 0.3) is 0 Å². The zero-order valence-corrected chi connectivity index (χ0v) is 15.7. The molecule has 0 N–H and O–H groups in total. The maximum Gasteiger partial charge on any atom is 0.330 e. The summed E-state index contributed by atoms with van der Waals surface area (Å²) in [5, 5.41) is 0. The van der Waals surface area contributed by atoms with Crippen molar-refractivity contribution in [2.24, 2.45) is 17.8 Å². The van der Waals surface area contributed by atoms with Crippen molar-refractivity contribution >= 4 is 5.97 Å². The summed E-state index contributed by atoms with van der Waals surface area (Å²) >= 11 is 0. The van der Waals surface area contributed by atoms with Gasteiger partial charge in [0, 0.05) is 6.08 Å². The number of carbonyl (C=O) groups excluding carboxylic acids is 1. The van der Waals surface area contributed by atoms with Gasteiger partial charge in [-0.3, -0.25) is 0 Å². The molecule has 0 saturated carbocycles. The summed E-state index contributed by atoms with van der Waals surface area (Å²) in [6, 6.07) is 0. The molecule has 2 heteroatoms. The highest BCUT2D eigenvalue weighted by atomic mass is 16.5. The largest absolute Gasteiger partial charge is 0.463 e. The van der Waals surface area contributed by atoms with Gasteiger partial charge in [-0.25, -0.2) is 4.79 Å². The number of esters is 1. The van der Waals surface area contributed by atoms with Crippen molar-refractivity contribution < 1.29 is 9.53 Å². The molecule has 0 fully saturated rings. The highest BCUT2D eigenvalue weighted by molar-refractivity contribution is 5.83. The van der Waals surface area contributed by atoms with Crippen molar-refractivity contribution in [2.45, 2.75) is 74.1 Å². The Balaban J connectivity index is 4.20. The minimum Gasteiger partial charge on any atom is -0.463 e. The molecule has 2 atom stereocenters. The molecule has 0 aromatic carbocycles. The van der Waals surface area contributed by atoms with Crippen molar-refractivity contribution in [3.05, 3.63) is 23.3 Å². The second-order valence-electron chi connectivity index (χ2n) is 7.09. The van der Waals surface area contributed by atoms with Gasteiger partial charge in [-0.15, -0.1) is 0 Å². The molecular weight excluding hydrogens is 272 g/mol. The molecule has 0 aliphatic heterocycles. The maximum absolute atomic E-state index is 11.4. The Morgan fingerprint density at radius 2 is 1.68 bits per heavy atom. The van der Waals surface area contributed by atoms with Crippen LogP contribution in [0.3, 0.4) is 0 Å². The van der Waals surface area contributed by atoms with E-state index in [0.717, 1.165) is 23.8 Å². The molecule has 0 aliphatic rings. The van der Waals surface area contributed by atoms with Crippen molar-refractivity contribution in [1.82, 2.24) is 0 Å². The van der Waals surface area contributed by atoms with Crippen LogP contribution in [-0.2, 0) is 9.53 Å². The Labute approximate surface area is 138 Å². The van der Waals surface area contributed by atoms with E-state index in [-0.39, 0.29) is 5.97 Å². The molecule has 0 spiro atoms. The first-order valence-corrected chi connectivity index (χ1v) is 8.78. The predicted molar refractivity (Wildman–Crippen MR) is 95.8 cm³/mol. The molecule has 0 aliphatic carbocycles. The quantitative estimate of drug-likeness (QED) is 0.284. The van der Waals surface area contributed by atoms with Crippen LogP contribution in [0.1, 0.15) is 74.1 Å². The fourth-order valence-corrected chi connectivity index (χ4v) is 2.63. The van der Waals surface area contributed by atoms with Crippen molar-refractivity contribution in [3.63, 3.8) is 0 Å². The molecule has 2 unspecified atom stereocenters. The van der Waals surface area contributed by atoms with Gasteiger partial charge in [-0.2, -0.15) is 0 Å². The van der Waals surface area contributed by atoms with Crippen LogP contribution >= 0.6 is 0 Å². The van der Waals surface area contributed by atoms with Crippen LogP contribution in [0.25, 0.3) is 0 Å². The monoisotopic (exact) mass is 308 g/mol. The number of hydrogen-bond donors (Lipinski definition) is 0. The van der Waals surface area contributed by atoms with E-state index in [1.54, 1.807) is 6.08 Å². The molecule has 0 aromatic rings. The van der Waals surface area contributed by atoms with Crippen molar-refractivity contribution in [3.8, 4) is 0 Å². The Bertz CT molecular complexity index is 377. The maximum atomic E-state index is 11.4. The van der Waals surface area contributed by atoms with Gasteiger partial charge in [0.2, 0.25) is 0 Å². The third-order valence-corrected chi connectivity index (χ3v) is 4.27. The lowest BCUT2D eigenvalue weighted by Gasteiger charge is -2.17. The zero-order valence-electron chi connectivity index (χ0n) is 15.7. The molecular formula is C20H36O2. The van der Waals surface area contributed by atoms with E-state index in [1.165, 1.54) is 24.8 Å². The van der Waals surface area contributed by atoms with Crippen LogP contribution in [0, 0.1) is 17.8 Å². The lowest BCUT2D eigenvalue weighted by Crippen LogP contribution is -2.05. The molecule has 0 aromatic heterocycles. The first kappa shape index (κ1) is 20.9. The van der Waals surface area contributed by atoms with Crippen LogP contribution in [0.4, 0.5) is 0 Å². The number of ether oxygens (including phenoxy) is 1. The Morgan fingerprint density at radius 1 is 1.05 bits per heavy atom. The highest BCUT2D eigenvalue weighted by Crippen LogP contribution is 2.22. The van der Waals surface area contributed by atoms with Gasteiger partial charge in [-0.1, -0.05) is 58.6 Å². The fourth-order valence-electron chi connectivity index (χ4n) is 2.63. The van der Waals surface area contributed by atoms with E-state index in [9.17, 15) is 4.79 Å². The number of allylic oxidation sites excluding steroid dienone is 3. The van der Waals surface area contributed by atoms with E-state index >= 15 is 0 Å². The lowest BCUT2D eigenvalue weighted by atomic mass is 9.89. The third-order valence-electron chi connectivity index (χ3n) is 4.27. The van der Waals surface area contributed by atoms with Gasteiger partial charge < -0.3 is 4.74 Å². The summed E-state index contributed by atoms with van der Waals surface area (Å²) in [4.78, 5) is 11.4. The van der Waals surface area contributed by atoms with Gasteiger partial charge in [0.05, 0.1) is 6.61 Å². The average Bonchev–Trinajstić information content (AvgIpc) is 2.37. The molecule has 2 nitrogen and oxygen atoms in total. The molecule has 0 bridgehead atoms. The van der Waals surface area contributed by atoms with Crippen LogP contribution in [0.2, 0.25) is 0 Å². The first-order valence-electron chi connectivity index (χ1n) is 8.78. The van der Waals surface area contributed by atoms with E-state index in [2.05, 4.69) is 40.7 Å². The standard InChI is InChI=1S/C20H36O2/c1-8-22-20(21)14-18(6)13-17(5)12-16(4)10-9-11-19(7)15(2)3/h13-16,19H,8-12H2,1-7H3. The summed E-state index contributed by atoms with van der Waals surface area (Å²) in [6.45, 7) is 15.6. The molecule has 0 rings (SSSR count). The van der Waals surface area contributed by atoms with Gasteiger partial charge in [-0.05, 0) is 50.5 Å². The van der Waals surface area contributed by atoms with E-state index in [1.807, 2.05) is 13.8 Å². The number of rotatable bonds is 10. The fraction of sp³-hybridized carbons (Fsp3) is 0.750. The second kappa shape index (κ2) is 11.5. The average molecular weight is 309 g/mol. The van der Waals surface area contributed by atoms with E-state index in [4.69, 9.17) is 4.74 Å². The molecule has 128 valence electrons. The number of carbonyl (C=O) groups is 1. The summed E-state index contributed by atoms with van der Waals surface area (Å²) in [7, 11) is 0. The minimum absolute atomic E-state index is 0.250. The normalized spacial score (nSPS) is 15.8. The van der Waals surface area contributed by atoms with Gasteiger partial charge in [0.15, 0.2) is 0 Å². The van der Waals surface area contributed by atoms with Crippen LogP contribution < -0.4 is 0 Å². The van der Waals surface area contributed by atoms with Gasteiger partial charge in [0.1, 0.15) is 0 Å². The van der Waals surface area contributed by atoms with E-state index in [0.29, 0.717) is 12.5 Å². The van der Waals surface area contributed by atoms with Crippen LogP contribution in [0.15, 0.2) is 23.3 Å². The molecule has 0 radical (unpaired) electrons. The third kappa shape index (κ3) is 10.6. The molecule has 0 heterocycles. The Hall–Kier alpha value is -1.05. The van der Waals surface area contributed by atoms with Crippen molar-refractivity contribution in [1.29, 1.82) is 0 Å². The highest BCUT2D eigenvalue weighted by Gasteiger charge is 2.09. The molecule has 0 saturated heterocycles.